The molecule has 0 aliphatic carbocycles. The lowest BCUT2D eigenvalue weighted by Gasteiger charge is -2.08. The van der Waals surface area contributed by atoms with Crippen LogP contribution in [0, 0.1) is 6.92 Å². The molecule has 2 rings (SSSR count). The zero-order chi connectivity index (χ0) is 13.1. The van der Waals surface area contributed by atoms with E-state index in [1.807, 2.05) is 6.92 Å². The fraction of sp³-hybridized carbons (Fsp3) is 0.0833. The maximum absolute atomic E-state index is 10.7. The number of hydrogen-bond acceptors (Lipinski definition) is 5. The average molecular weight is 245 g/mol. The van der Waals surface area contributed by atoms with Crippen LogP contribution in [0.3, 0.4) is 0 Å². The molecule has 1 aromatic heterocycles. The Bertz CT molecular complexity index is 599. The molecule has 6 nitrogen and oxygen atoms in total. The predicted molar refractivity (Wildman–Crippen MR) is 65.1 cm³/mol. The molecule has 6 heteroatoms. The Balaban J connectivity index is 2.27. The number of aryl methyl sites for hydroxylation is 1. The van der Waals surface area contributed by atoms with Crippen LogP contribution in [0.15, 0.2) is 30.6 Å². The van der Waals surface area contributed by atoms with Gasteiger partial charge >= 0.3 is 5.97 Å². The molecule has 1 heterocycles. The summed E-state index contributed by atoms with van der Waals surface area (Å²) in [5, 5.41) is 21.4. The van der Waals surface area contributed by atoms with E-state index in [0.717, 1.165) is 5.69 Å². The van der Waals surface area contributed by atoms with Gasteiger partial charge < -0.3 is 15.5 Å². The van der Waals surface area contributed by atoms with Crippen LogP contribution in [0.4, 0.5) is 11.5 Å². The Morgan fingerprint density at radius 3 is 2.67 bits per heavy atom. The van der Waals surface area contributed by atoms with Crippen LogP contribution < -0.4 is 5.32 Å². The Morgan fingerprint density at radius 2 is 2.06 bits per heavy atom. The second-order valence-corrected chi connectivity index (χ2v) is 3.71. The van der Waals surface area contributed by atoms with Crippen molar-refractivity contribution in [2.45, 2.75) is 6.92 Å². The molecule has 0 unspecified atom stereocenters. The first-order valence-electron chi connectivity index (χ1n) is 5.18. The van der Waals surface area contributed by atoms with Gasteiger partial charge in [0.2, 0.25) is 0 Å². The largest absolute Gasteiger partial charge is 0.506 e. The van der Waals surface area contributed by atoms with E-state index in [9.17, 15) is 9.90 Å². The van der Waals surface area contributed by atoms with Crippen molar-refractivity contribution in [3.63, 3.8) is 0 Å². The summed E-state index contributed by atoms with van der Waals surface area (Å²) in [5.41, 5.74) is 1.20. The first-order chi connectivity index (χ1) is 8.56. The lowest BCUT2D eigenvalue weighted by Crippen LogP contribution is -1.99. The molecule has 0 radical (unpaired) electrons. The van der Waals surface area contributed by atoms with Crippen LogP contribution in [0.5, 0.6) is 5.75 Å². The monoisotopic (exact) mass is 245 g/mol. The maximum Gasteiger partial charge on any atom is 0.335 e. The van der Waals surface area contributed by atoms with Crippen molar-refractivity contribution in [3.8, 4) is 5.75 Å². The number of benzene rings is 1. The molecular formula is C12H11N3O3. The lowest BCUT2D eigenvalue weighted by atomic mass is 10.2. The number of nitrogens with zero attached hydrogens (tertiary/aromatic N) is 2. The Kier molecular flexibility index (Phi) is 3.09. The van der Waals surface area contributed by atoms with Crippen molar-refractivity contribution < 1.29 is 15.0 Å². The quantitative estimate of drug-likeness (QED) is 0.715. The van der Waals surface area contributed by atoms with Crippen LogP contribution in [-0.4, -0.2) is 26.2 Å². The van der Waals surface area contributed by atoms with E-state index < -0.39 is 5.97 Å². The first kappa shape index (κ1) is 11.8. The summed E-state index contributed by atoms with van der Waals surface area (Å²) in [4.78, 5) is 18.6. The summed E-state index contributed by atoms with van der Waals surface area (Å²) in [5.74, 6) is -0.707. The number of carbonyl (C=O) groups is 1. The first-order valence-corrected chi connectivity index (χ1v) is 5.18. The molecule has 0 atom stereocenters. The molecule has 0 amide bonds. The van der Waals surface area contributed by atoms with Gasteiger partial charge in [-0.05, 0) is 25.1 Å². The average Bonchev–Trinajstić information content (AvgIpc) is 2.31. The van der Waals surface area contributed by atoms with Crippen molar-refractivity contribution in [3.05, 3.63) is 41.9 Å². The number of aromatic nitrogens is 2. The van der Waals surface area contributed by atoms with E-state index >= 15 is 0 Å². The fourth-order valence-electron chi connectivity index (χ4n) is 1.43. The van der Waals surface area contributed by atoms with Crippen molar-refractivity contribution in [1.29, 1.82) is 0 Å². The van der Waals surface area contributed by atoms with Gasteiger partial charge in [0.15, 0.2) is 0 Å². The van der Waals surface area contributed by atoms with Gasteiger partial charge in [-0.2, -0.15) is 0 Å². The van der Waals surface area contributed by atoms with E-state index in [1.165, 1.54) is 24.5 Å². The number of aromatic hydroxyl groups is 1. The van der Waals surface area contributed by atoms with E-state index in [4.69, 9.17) is 5.11 Å². The molecule has 0 aliphatic rings. The number of rotatable bonds is 3. The number of phenols is 1. The van der Waals surface area contributed by atoms with Crippen LogP contribution >= 0.6 is 0 Å². The highest BCUT2D eigenvalue weighted by Gasteiger charge is 2.08. The highest BCUT2D eigenvalue weighted by atomic mass is 16.4. The standard InChI is InChI=1S/C12H11N3O3/c1-7-4-11(14-6-13-7)15-9-3-2-8(12(17)18)5-10(9)16/h2-6,16H,1H3,(H,17,18)(H,13,14,15). The highest BCUT2D eigenvalue weighted by molar-refractivity contribution is 5.89. The number of nitrogens with one attached hydrogen (secondary N) is 1. The molecule has 18 heavy (non-hydrogen) atoms. The zero-order valence-electron chi connectivity index (χ0n) is 9.58. The molecule has 0 aliphatic heterocycles. The topological polar surface area (TPSA) is 95.3 Å². The lowest BCUT2D eigenvalue weighted by molar-refractivity contribution is 0.0696. The molecule has 0 fully saturated rings. The van der Waals surface area contributed by atoms with Gasteiger partial charge in [-0.1, -0.05) is 0 Å². The number of anilines is 2. The second kappa shape index (κ2) is 4.70. The minimum atomic E-state index is -1.09. The summed E-state index contributed by atoms with van der Waals surface area (Å²) < 4.78 is 0. The number of hydrogen-bond donors (Lipinski definition) is 3. The smallest absolute Gasteiger partial charge is 0.335 e. The summed E-state index contributed by atoms with van der Waals surface area (Å²) in [7, 11) is 0. The molecule has 3 N–H and O–H groups in total. The van der Waals surface area contributed by atoms with Crippen molar-refractivity contribution in [1.82, 2.24) is 9.97 Å². The van der Waals surface area contributed by atoms with E-state index in [0.29, 0.717) is 11.5 Å². The summed E-state index contributed by atoms with van der Waals surface area (Å²) in [6, 6.07) is 5.78. The van der Waals surface area contributed by atoms with Crippen molar-refractivity contribution >= 4 is 17.5 Å². The third-order valence-electron chi connectivity index (χ3n) is 2.31. The molecular weight excluding hydrogens is 234 g/mol. The second-order valence-electron chi connectivity index (χ2n) is 3.71. The summed E-state index contributed by atoms with van der Waals surface area (Å²) in [6.07, 6.45) is 1.40. The van der Waals surface area contributed by atoms with E-state index in [-0.39, 0.29) is 11.3 Å². The van der Waals surface area contributed by atoms with Gasteiger partial charge in [-0.15, -0.1) is 0 Å². The summed E-state index contributed by atoms with van der Waals surface area (Å²) >= 11 is 0. The number of aromatic carboxylic acids is 1. The maximum atomic E-state index is 10.7. The zero-order valence-corrected chi connectivity index (χ0v) is 9.58. The van der Waals surface area contributed by atoms with Gasteiger partial charge in [0.25, 0.3) is 0 Å². The fourth-order valence-corrected chi connectivity index (χ4v) is 1.43. The van der Waals surface area contributed by atoms with Crippen molar-refractivity contribution in [2.75, 3.05) is 5.32 Å². The molecule has 92 valence electrons. The summed E-state index contributed by atoms with van der Waals surface area (Å²) in [6.45, 7) is 1.82. The SMILES string of the molecule is Cc1cc(Nc2ccc(C(=O)O)cc2O)ncn1. The normalized spacial score (nSPS) is 10.1. The van der Waals surface area contributed by atoms with Gasteiger partial charge in [0, 0.05) is 11.8 Å². The number of phenolic OH excluding ortho intramolecular Hbond substituents is 1. The van der Waals surface area contributed by atoms with E-state index in [1.54, 1.807) is 6.07 Å². The predicted octanol–water partition coefficient (Wildman–Crippen LogP) is 1.93. The van der Waals surface area contributed by atoms with Crippen LogP contribution in [0.2, 0.25) is 0 Å². The molecule has 0 saturated carbocycles. The van der Waals surface area contributed by atoms with Crippen molar-refractivity contribution in [2.24, 2.45) is 0 Å². The third kappa shape index (κ3) is 2.54. The van der Waals surface area contributed by atoms with Crippen LogP contribution in [0.1, 0.15) is 16.1 Å². The molecule has 0 spiro atoms. The Hall–Kier alpha value is -2.63. The number of carboxylic acids is 1. The third-order valence-corrected chi connectivity index (χ3v) is 2.31. The van der Waals surface area contributed by atoms with E-state index in [2.05, 4.69) is 15.3 Å². The van der Waals surface area contributed by atoms with Gasteiger partial charge in [-0.3, -0.25) is 0 Å². The molecule has 0 bridgehead atoms. The molecule has 1 aromatic carbocycles. The molecule has 0 saturated heterocycles. The van der Waals surface area contributed by atoms with Gasteiger partial charge in [-0.25, -0.2) is 14.8 Å². The Labute approximate surface area is 103 Å². The van der Waals surface area contributed by atoms with Gasteiger partial charge in [0.1, 0.15) is 17.9 Å². The highest BCUT2D eigenvalue weighted by Crippen LogP contribution is 2.26. The minimum absolute atomic E-state index is 0.0249. The minimum Gasteiger partial charge on any atom is -0.506 e. The van der Waals surface area contributed by atoms with Gasteiger partial charge in [0.05, 0.1) is 11.3 Å². The molecule has 2 aromatic rings. The van der Waals surface area contributed by atoms with Crippen LogP contribution in [0.25, 0.3) is 0 Å². The Morgan fingerprint density at radius 1 is 1.28 bits per heavy atom. The number of carboxylic acid groups (broad SMARTS) is 1. The van der Waals surface area contributed by atoms with Crippen LogP contribution in [-0.2, 0) is 0 Å².